The van der Waals surface area contributed by atoms with Gasteiger partial charge in [0.25, 0.3) is 0 Å². The van der Waals surface area contributed by atoms with Crippen LogP contribution in [0, 0.1) is 11.3 Å². The molecule has 2 unspecified atom stereocenters. The number of rotatable bonds is 1. The first-order valence-corrected chi connectivity index (χ1v) is 7.57. The minimum absolute atomic E-state index is 0.139. The second kappa shape index (κ2) is 4.11. The number of thiophene rings is 1. The van der Waals surface area contributed by atoms with Gasteiger partial charge in [-0.05, 0) is 57.5 Å². The molecular weight excluding hydrogens is 282 g/mol. The summed E-state index contributed by atoms with van der Waals surface area (Å²) in [5.41, 5.74) is 8.19. The Morgan fingerprint density at radius 1 is 1.38 bits per heavy atom. The quantitative estimate of drug-likeness (QED) is 0.811. The molecule has 2 N–H and O–H groups in total. The normalized spacial score (nSPS) is 33.9. The fourth-order valence-corrected chi connectivity index (χ4v) is 5.27. The van der Waals surface area contributed by atoms with Crippen LogP contribution in [0.4, 0.5) is 0 Å². The fourth-order valence-electron chi connectivity index (χ4n) is 3.48. The van der Waals surface area contributed by atoms with Crippen LogP contribution in [0.25, 0.3) is 0 Å². The highest BCUT2D eigenvalue weighted by atomic mass is 79.9. The van der Waals surface area contributed by atoms with Gasteiger partial charge < -0.3 is 5.73 Å². The van der Waals surface area contributed by atoms with Crippen LogP contribution in [0.1, 0.15) is 45.6 Å². The van der Waals surface area contributed by atoms with Gasteiger partial charge in [-0.1, -0.05) is 20.8 Å². The summed E-state index contributed by atoms with van der Waals surface area (Å²) >= 11 is 5.36. The van der Waals surface area contributed by atoms with Crippen molar-refractivity contribution in [1.29, 1.82) is 0 Å². The fraction of sp³-hybridized carbons (Fsp3) is 0.692. The topological polar surface area (TPSA) is 26.0 Å². The minimum atomic E-state index is -0.139. The lowest BCUT2D eigenvalue weighted by molar-refractivity contribution is 0.107. The van der Waals surface area contributed by atoms with E-state index >= 15 is 0 Å². The zero-order chi connectivity index (χ0) is 12.0. The molecule has 0 aliphatic heterocycles. The molecule has 16 heavy (non-hydrogen) atoms. The highest BCUT2D eigenvalue weighted by Gasteiger charge is 2.42. The smallest absolute Gasteiger partial charge is 0.0436 e. The van der Waals surface area contributed by atoms with Crippen LogP contribution in [0.3, 0.4) is 0 Å². The van der Waals surface area contributed by atoms with E-state index in [2.05, 4.69) is 47.5 Å². The Morgan fingerprint density at radius 2 is 2.06 bits per heavy atom. The predicted octanol–water partition coefficient (Wildman–Crippen LogP) is 4.51. The molecule has 1 nitrogen and oxygen atoms in total. The molecule has 1 aromatic heterocycles. The van der Waals surface area contributed by atoms with Crippen LogP contribution in [0.2, 0.25) is 0 Å². The third kappa shape index (κ3) is 2.36. The van der Waals surface area contributed by atoms with Gasteiger partial charge in [0.15, 0.2) is 0 Å². The Kier molecular flexibility index (Phi) is 3.23. The summed E-state index contributed by atoms with van der Waals surface area (Å²) in [7, 11) is 0. The first-order chi connectivity index (χ1) is 7.32. The maximum absolute atomic E-state index is 6.67. The van der Waals surface area contributed by atoms with Crippen LogP contribution < -0.4 is 5.73 Å². The summed E-state index contributed by atoms with van der Waals surface area (Å²) in [5.74, 6) is 0.709. The molecule has 1 saturated carbocycles. The Bertz CT molecular complexity index is 385. The number of hydrogen-bond donors (Lipinski definition) is 1. The second-order valence-electron chi connectivity index (χ2n) is 6.14. The Balaban J connectivity index is 2.34. The molecule has 1 aliphatic rings. The Hall–Kier alpha value is 0.140. The molecule has 1 heterocycles. The van der Waals surface area contributed by atoms with E-state index in [0.717, 1.165) is 12.8 Å². The molecule has 0 spiro atoms. The van der Waals surface area contributed by atoms with E-state index in [1.807, 2.05) is 0 Å². The van der Waals surface area contributed by atoms with Crippen molar-refractivity contribution >= 4 is 27.3 Å². The lowest BCUT2D eigenvalue weighted by atomic mass is 9.63. The molecule has 1 aliphatic carbocycles. The monoisotopic (exact) mass is 301 g/mol. The zero-order valence-corrected chi connectivity index (χ0v) is 12.6. The molecule has 2 atom stereocenters. The molecule has 1 aromatic rings. The van der Waals surface area contributed by atoms with Gasteiger partial charge in [-0.3, -0.25) is 0 Å². The maximum atomic E-state index is 6.67. The van der Waals surface area contributed by atoms with Gasteiger partial charge >= 0.3 is 0 Å². The SMILES string of the molecule is CC1CC(C)(C)CC(N)(c2cscc2Br)C1. The summed E-state index contributed by atoms with van der Waals surface area (Å²) in [5, 5.41) is 4.34. The van der Waals surface area contributed by atoms with Gasteiger partial charge in [0, 0.05) is 15.4 Å². The lowest BCUT2D eigenvalue weighted by Gasteiger charge is -2.45. The standard InChI is InChI=1S/C13H20BrNS/c1-9-4-12(2,3)8-13(15,5-9)10-6-16-7-11(10)14/h6-7,9H,4-5,8,15H2,1-3H3. The Labute approximate surface area is 111 Å². The van der Waals surface area contributed by atoms with Gasteiger partial charge in [-0.2, -0.15) is 11.3 Å². The maximum Gasteiger partial charge on any atom is 0.0436 e. The Morgan fingerprint density at radius 3 is 2.56 bits per heavy atom. The molecular formula is C13H20BrNS. The van der Waals surface area contributed by atoms with E-state index in [0.29, 0.717) is 11.3 Å². The van der Waals surface area contributed by atoms with Gasteiger partial charge in [0.2, 0.25) is 0 Å². The van der Waals surface area contributed by atoms with Gasteiger partial charge in [-0.25, -0.2) is 0 Å². The molecule has 0 saturated heterocycles. The third-order valence-corrected chi connectivity index (χ3v) is 5.26. The summed E-state index contributed by atoms with van der Waals surface area (Å²) in [6.45, 7) is 7.00. The van der Waals surface area contributed by atoms with E-state index in [4.69, 9.17) is 5.73 Å². The van der Waals surface area contributed by atoms with Crippen molar-refractivity contribution < 1.29 is 0 Å². The number of nitrogens with two attached hydrogens (primary N) is 1. The predicted molar refractivity (Wildman–Crippen MR) is 74.7 cm³/mol. The first-order valence-electron chi connectivity index (χ1n) is 5.83. The number of hydrogen-bond acceptors (Lipinski definition) is 2. The van der Waals surface area contributed by atoms with Gasteiger partial charge in [0.05, 0.1) is 0 Å². The van der Waals surface area contributed by atoms with E-state index in [-0.39, 0.29) is 5.54 Å². The van der Waals surface area contributed by atoms with Crippen molar-refractivity contribution in [3.05, 3.63) is 20.8 Å². The minimum Gasteiger partial charge on any atom is -0.321 e. The van der Waals surface area contributed by atoms with Crippen molar-refractivity contribution in [2.45, 2.75) is 45.6 Å². The summed E-state index contributed by atoms with van der Waals surface area (Å²) in [6, 6.07) is 0. The molecule has 0 amide bonds. The summed E-state index contributed by atoms with van der Waals surface area (Å²) in [4.78, 5) is 0. The second-order valence-corrected chi connectivity index (χ2v) is 7.74. The molecule has 3 heteroatoms. The summed E-state index contributed by atoms with van der Waals surface area (Å²) < 4.78 is 1.19. The van der Waals surface area contributed by atoms with Crippen molar-refractivity contribution in [2.24, 2.45) is 17.1 Å². The summed E-state index contributed by atoms with van der Waals surface area (Å²) in [6.07, 6.45) is 3.47. The van der Waals surface area contributed by atoms with E-state index in [1.54, 1.807) is 11.3 Å². The van der Waals surface area contributed by atoms with Crippen LogP contribution in [0.5, 0.6) is 0 Å². The van der Waals surface area contributed by atoms with Crippen molar-refractivity contribution in [1.82, 2.24) is 0 Å². The zero-order valence-electron chi connectivity index (χ0n) is 10.2. The number of halogens is 1. The average Bonchev–Trinajstić information content (AvgIpc) is 2.46. The van der Waals surface area contributed by atoms with E-state index in [9.17, 15) is 0 Å². The highest BCUT2D eigenvalue weighted by Crippen LogP contribution is 2.49. The molecule has 0 bridgehead atoms. The molecule has 0 aromatic carbocycles. The van der Waals surface area contributed by atoms with Crippen LogP contribution in [-0.2, 0) is 5.54 Å². The largest absolute Gasteiger partial charge is 0.321 e. The van der Waals surface area contributed by atoms with Crippen molar-refractivity contribution in [2.75, 3.05) is 0 Å². The lowest BCUT2D eigenvalue weighted by Crippen LogP contribution is -2.46. The van der Waals surface area contributed by atoms with Crippen LogP contribution in [-0.4, -0.2) is 0 Å². The van der Waals surface area contributed by atoms with Crippen LogP contribution in [0.15, 0.2) is 15.2 Å². The first kappa shape index (κ1) is 12.6. The van der Waals surface area contributed by atoms with E-state index in [1.165, 1.54) is 16.5 Å². The van der Waals surface area contributed by atoms with Crippen LogP contribution >= 0.6 is 27.3 Å². The van der Waals surface area contributed by atoms with Crippen molar-refractivity contribution in [3.63, 3.8) is 0 Å². The third-order valence-electron chi connectivity index (χ3n) is 3.56. The highest BCUT2D eigenvalue weighted by molar-refractivity contribution is 9.10. The average molecular weight is 302 g/mol. The van der Waals surface area contributed by atoms with Gasteiger partial charge in [-0.15, -0.1) is 0 Å². The van der Waals surface area contributed by atoms with E-state index < -0.39 is 0 Å². The molecule has 0 radical (unpaired) electrons. The molecule has 90 valence electrons. The molecule has 1 fully saturated rings. The van der Waals surface area contributed by atoms with Gasteiger partial charge in [0.1, 0.15) is 0 Å². The van der Waals surface area contributed by atoms with Crippen molar-refractivity contribution in [3.8, 4) is 0 Å². The molecule has 2 rings (SSSR count).